The Hall–Kier alpha value is -3.59. The maximum atomic E-state index is 11.7. The van der Waals surface area contributed by atoms with Crippen LogP contribution in [0.25, 0.3) is 22.2 Å². The van der Waals surface area contributed by atoms with Gasteiger partial charge in [0, 0.05) is 11.9 Å². The molecule has 3 heterocycles. The predicted molar refractivity (Wildman–Crippen MR) is 99.7 cm³/mol. The SMILES string of the molecule is COC(=O)c1cccc(Nc2ncncc2-c2nc(-c3cccs3)no2)c1. The van der Waals surface area contributed by atoms with Gasteiger partial charge in [-0.3, -0.25) is 0 Å². The molecular formula is C18H13N5O3S. The summed E-state index contributed by atoms with van der Waals surface area (Å²) in [6.07, 6.45) is 3.00. The molecule has 1 aromatic carbocycles. The summed E-state index contributed by atoms with van der Waals surface area (Å²) in [5.41, 5.74) is 1.64. The molecule has 4 rings (SSSR count). The number of hydrogen-bond acceptors (Lipinski definition) is 9. The quantitative estimate of drug-likeness (QED) is 0.523. The fourth-order valence-corrected chi connectivity index (χ4v) is 3.05. The van der Waals surface area contributed by atoms with Crippen molar-refractivity contribution in [2.45, 2.75) is 0 Å². The van der Waals surface area contributed by atoms with Crippen molar-refractivity contribution in [2.75, 3.05) is 12.4 Å². The van der Waals surface area contributed by atoms with Gasteiger partial charge in [0.1, 0.15) is 17.7 Å². The van der Waals surface area contributed by atoms with E-state index in [1.165, 1.54) is 24.8 Å². The molecule has 0 saturated carbocycles. The molecule has 0 aliphatic carbocycles. The summed E-state index contributed by atoms with van der Waals surface area (Å²) >= 11 is 1.52. The lowest BCUT2D eigenvalue weighted by molar-refractivity contribution is 0.0601. The molecule has 0 aliphatic rings. The highest BCUT2D eigenvalue weighted by atomic mass is 32.1. The van der Waals surface area contributed by atoms with E-state index >= 15 is 0 Å². The first-order chi connectivity index (χ1) is 13.2. The van der Waals surface area contributed by atoms with Gasteiger partial charge in [0.25, 0.3) is 5.89 Å². The van der Waals surface area contributed by atoms with Crippen molar-refractivity contribution in [2.24, 2.45) is 0 Å². The Morgan fingerprint density at radius 1 is 1.26 bits per heavy atom. The van der Waals surface area contributed by atoms with Crippen LogP contribution in [0.1, 0.15) is 10.4 Å². The Morgan fingerprint density at radius 2 is 2.19 bits per heavy atom. The second-order valence-corrected chi connectivity index (χ2v) is 6.33. The summed E-state index contributed by atoms with van der Waals surface area (Å²) in [6, 6.07) is 10.7. The van der Waals surface area contributed by atoms with E-state index in [4.69, 9.17) is 9.26 Å². The van der Waals surface area contributed by atoms with Crippen LogP contribution in [0.4, 0.5) is 11.5 Å². The Balaban J connectivity index is 1.65. The van der Waals surface area contributed by atoms with Crippen LogP contribution in [0.3, 0.4) is 0 Å². The molecule has 0 fully saturated rings. The second kappa shape index (κ2) is 7.34. The summed E-state index contributed by atoms with van der Waals surface area (Å²) in [6.45, 7) is 0. The average Bonchev–Trinajstić information content (AvgIpc) is 3.40. The van der Waals surface area contributed by atoms with Gasteiger partial charge in [0.05, 0.1) is 17.6 Å². The number of esters is 1. The maximum absolute atomic E-state index is 11.7. The zero-order valence-corrected chi connectivity index (χ0v) is 14.9. The Kier molecular flexibility index (Phi) is 4.58. The topological polar surface area (TPSA) is 103 Å². The predicted octanol–water partition coefficient (Wildman–Crippen LogP) is 3.79. The van der Waals surface area contributed by atoms with Crippen LogP contribution in [0.15, 0.2) is 58.8 Å². The van der Waals surface area contributed by atoms with Gasteiger partial charge in [-0.05, 0) is 29.6 Å². The first-order valence-corrected chi connectivity index (χ1v) is 8.76. The van der Waals surface area contributed by atoms with Crippen molar-refractivity contribution in [1.29, 1.82) is 0 Å². The summed E-state index contributed by atoms with van der Waals surface area (Å²) in [5.74, 6) is 0.862. The monoisotopic (exact) mass is 379 g/mol. The van der Waals surface area contributed by atoms with Crippen molar-refractivity contribution in [1.82, 2.24) is 20.1 Å². The van der Waals surface area contributed by atoms with Gasteiger partial charge in [0.15, 0.2) is 0 Å². The van der Waals surface area contributed by atoms with Crippen molar-refractivity contribution in [3.63, 3.8) is 0 Å². The highest BCUT2D eigenvalue weighted by Crippen LogP contribution is 2.29. The fraction of sp³-hybridized carbons (Fsp3) is 0.0556. The molecule has 0 saturated heterocycles. The van der Waals surface area contributed by atoms with Gasteiger partial charge in [-0.1, -0.05) is 17.3 Å². The summed E-state index contributed by atoms with van der Waals surface area (Å²) in [7, 11) is 1.34. The lowest BCUT2D eigenvalue weighted by atomic mass is 10.2. The van der Waals surface area contributed by atoms with Crippen LogP contribution >= 0.6 is 11.3 Å². The number of rotatable bonds is 5. The van der Waals surface area contributed by atoms with Gasteiger partial charge in [0.2, 0.25) is 5.82 Å². The van der Waals surface area contributed by atoms with Gasteiger partial charge >= 0.3 is 5.97 Å². The molecule has 4 aromatic rings. The third-order valence-corrected chi connectivity index (χ3v) is 4.52. The molecular weight excluding hydrogens is 366 g/mol. The number of carbonyl (C=O) groups excluding carboxylic acids is 1. The lowest BCUT2D eigenvalue weighted by Crippen LogP contribution is -2.03. The first-order valence-electron chi connectivity index (χ1n) is 7.88. The van der Waals surface area contributed by atoms with E-state index in [1.807, 2.05) is 23.6 Å². The van der Waals surface area contributed by atoms with Crippen molar-refractivity contribution < 1.29 is 14.1 Å². The number of hydrogen-bond donors (Lipinski definition) is 1. The largest absolute Gasteiger partial charge is 0.465 e. The molecule has 0 aliphatic heterocycles. The zero-order chi connectivity index (χ0) is 18.6. The number of thiophene rings is 1. The fourth-order valence-electron chi connectivity index (χ4n) is 2.40. The van der Waals surface area contributed by atoms with Crippen LogP contribution in [0, 0.1) is 0 Å². The third kappa shape index (κ3) is 3.53. The van der Waals surface area contributed by atoms with E-state index in [0.717, 1.165) is 4.88 Å². The second-order valence-electron chi connectivity index (χ2n) is 5.38. The zero-order valence-electron chi connectivity index (χ0n) is 14.1. The Labute approximate surface area is 157 Å². The van der Waals surface area contributed by atoms with Crippen molar-refractivity contribution >= 4 is 28.8 Å². The van der Waals surface area contributed by atoms with E-state index in [-0.39, 0.29) is 0 Å². The molecule has 0 radical (unpaired) electrons. The van der Waals surface area contributed by atoms with E-state index < -0.39 is 5.97 Å². The summed E-state index contributed by atoms with van der Waals surface area (Å²) in [5, 5.41) is 9.10. The van der Waals surface area contributed by atoms with Crippen molar-refractivity contribution in [3.05, 3.63) is 59.9 Å². The Morgan fingerprint density at radius 3 is 3.00 bits per heavy atom. The van der Waals surface area contributed by atoms with Gasteiger partial charge in [-0.2, -0.15) is 4.98 Å². The van der Waals surface area contributed by atoms with Gasteiger partial charge in [-0.15, -0.1) is 11.3 Å². The molecule has 0 bridgehead atoms. The number of benzene rings is 1. The molecule has 0 atom stereocenters. The van der Waals surface area contributed by atoms with Crippen LogP contribution < -0.4 is 5.32 Å². The molecule has 3 aromatic heterocycles. The number of ether oxygens (including phenoxy) is 1. The van der Waals surface area contributed by atoms with Crippen LogP contribution in [0.2, 0.25) is 0 Å². The van der Waals surface area contributed by atoms with E-state index in [2.05, 4.69) is 25.4 Å². The van der Waals surface area contributed by atoms with Crippen molar-refractivity contribution in [3.8, 4) is 22.2 Å². The smallest absolute Gasteiger partial charge is 0.337 e. The molecule has 27 heavy (non-hydrogen) atoms. The standard InChI is InChI=1S/C18H13N5O3S/c1-25-18(24)11-4-2-5-12(8-11)21-15-13(9-19-10-20-15)17-22-16(23-26-17)14-6-3-7-27-14/h2-10H,1H3,(H,19,20,21). The highest BCUT2D eigenvalue weighted by Gasteiger charge is 2.16. The molecule has 134 valence electrons. The minimum absolute atomic E-state index is 0.297. The maximum Gasteiger partial charge on any atom is 0.337 e. The number of aromatic nitrogens is 4. The molecule has 0 spiro atoms. The highest BCUT2D eigenvalue weighted by molar-refractivity contribution is 7.13. The molecule has 0 unspecified atom stereocenters. The molecule has 1 N–H and O–H groups in total. The molecule has 8 nitrogen and oxygen atoms in total. The number of anilines is 2. The minimum Gasteiger partial charge on any atom is -0.465 e. The lowest BCUT2D eigenvalue weighted by Gasteiger charge is -2.09. The van der Waals surface area contributed by atoms with Crippen LogP contribution in [-0.2, 0) is 4.74 Å². The van der Waals surface area contributed by atoms with E-state index in [1.54, 1.807) is 24.4 Å². The van der Waals surface area contributed by atoms with Crippen LogP contribution in [-0.4, -0.2) is 33.2 Å². The number of nitrogens with one attached hydrogen (secondary N) is 1. The summed E-state index contributed by atoms with van der Waals surface area (Å²) in [4.78, 5) is 25.3. The summed E-state index contributed by atoms with van der Waals surface area (Å²) < 4.78 is 10.1. The first kappa shape index (κ1) is 16.9. The Bertz CT molecular complexity index is 1080. The number of nitrogens with zero attached hydrogens (tertiary/aromatic N) is 4. The normalized spacial score (nSPS) is 10.6. The molecule has 0 amide bonds. The molecule has 9 heteroatoms. The number of methoxy groups -OCH3 is 1. The average molecular weight is 379 g/mol. The minimum atomic E-state index is -0.418. The van der Waals surface area contributed by atoms with Gasteiger partial charge < -0.3 is 14.6 Å². The van der Waals surface area contributed by atoms with E-state index in [9.17, 15) is 4.79 Å². The van der Waals surface area contributed by atoms with Gasteiger partial charge in [-0.25, -0.2) is 14.8 Å². The van der Waals surface area contributed by atoms with Crippen LogP contribution in [0.5, 0.6) is 0 Å². The third-order valence-electron chi connectivity index (χ3n) is 3.66. The van der Waals surface area contributed by atoms with E-state index in [0.29, 0.717) is 34.3 Å². The number of carbonyl (C=O) groups is 1.